The van der Waals surface area contributed by atoms with Gasteiger partial charge in [0.15, 0.2) is 0 Å². The lowest BCUT2D eigenvalue weighted by atomic mass is 10.2. The molecule has 0 saturated heterocycles. The molecule has 3 heteroatoms. The van der Waals surface area contributed by atoms with Gasteiger partial charge in [0, 0.05) is 5.69 Å². The maximum atomic E-state index is 8.61. The van der Waals surface area contributed by atoms with Crippen LogP contribution in [0.5, 0.6) is 0 Å². The van der Waals surface area contributed by atoms with E-state index in [0.717, 1.165) is 25.0 Å². The zero-order chi connectivity index (χ0) is 9.68. The van der Waals surface area contributed by atoms with E-state index >= 15 is 0 Å². The molecule has 0 aliphatic carbocycles. The molecule has 0 saturated carbocycles. The highest BCUT2D eigenvalue weighted by Crippen LogP contribution is 2.13. The van der Waals surface area contributed by atoms with E-state index in [2.05, 4.69) is 11.9 Å². The van der Waals surface area contributed by atoms with E-state index in [4.69, 9.17) is 16.9 Å². The standard InChI is InChI=1S/C10H11ClN2/c1-2-3-4-9-6-5-8(7-12)10(11)13-9/h5-6H,2-4H2,1H3. The van der Waals surface area contributed by atoms with Crippen molar-refractivity contribution in [2.24, 2.45) is 0 Å². The molecule has 1 aromatic rings. The maximum absolute atomic E-state index is 8.61. The summed E-state index contributed by atoms with van der Waals surface area (Å²) in [5, 5.41) is 8.93. The minimum atomic E-state index is 0.316. The normalized spacial score (nSPS) is 9.62. The van der Waals surface area contributed by atoms with E-state index in [1.54, 1.807) is 6.07 Å². The van der Waals surface area contributed by atoms with Crippen LogP contribution in [0.25, 0.3) is 0 Å². The molecule has 1 rings (SSSR count). The molecule has 0 fully saturated rings. The van der Waals surface area contributed by atoms with Crippen molar-refractivity contribution in [3.05, 3.63) is 28.5 Å². The lowest BCUT2D eigenvalue weighted by Gasteiger charge is -2.00. The van der Waals surface area contributed by atoms with Crippen LogP contribution in [0.15, 0.2) is 12.1 Å². The summed E-state index contributed by atoms with van der Waals surface area (Å²) in [4.78, 5) is 4.12. The molecular formula is C10H11ClN2. The first-order chi connectivity index (χ1) is 6.27. The van der Waals surface area contributed by atoms with Gasteiger partial charge in [-0.1, -0.05) is 24.9 Å². The molecular weight excluding hydrogens is 184 g/mol. The molecule has 0 aliphatic heterocycles. The fourth-order valence-electron chi connectivity index (χ4n) is 1.05. The van der Waals surface area contributed by atoms with Gasteiger partial charge in [-0.25, -0.2) is 4.98 Å². The molecule has 1 aromatic heterocycles. The number of aryl methyl sites for hydroxylation is 1. The minimum Gasteiger partial charge on any atom is -0.240 e. The number of pyridine rings is 1. The molecule has 0 aliphatic rings. The predicted molar refractivity (Wildman–Crippen MR) is 52.6 cm³/mol. The number of hydrogen-bond acceptors (Lipinski definition) is 2. The highest BCUT2D eigenvalue weighted by Gasteiger charge is 2.01. The maximum Gasteiger partial charge on any atom is 0.147 e. The van der Waals surface area contributed by atoms with E-state index in [9.17, 15) is 0 Å². The van der Waals surface area contributed by atoms with Crippen molar-refractivity contribution in [1.82, 2.24) is 4.98 Å². The van der Waals surface area contributed by atoms with Crippen LogP contribution in [0.2, 0.25) is 5.15 Å². The molecule has 0 amide bonds. The quantitative estimate of drug-likeness (QED) is 0.694. The number of aromatic nitrogens is 1. The van der Waals surface area contributed by atoms with Crippen LogP contribution >= 0.6 is 11.6 Å². The molecule has 0 bridgehead atoms. The number of unbranched alkanes of at least 4 members (excludes halogenated alkanes) is 1. The van der Waals surface area contributed by atoms with Gasteiger partial charge in [0.1, 0.15) is 11.2 Å². The summed E-state index contributed by atoms with van der Waals surface area (Å²) in [6.07, 6.45) is 3.18. The van der Waals surface area contributed by atoms with Gasteiger partial charge in [-0.3, -0.25) is 0 Å². The molecule has 1 heterocycles. The van der Waals surface area contributed by atoms with Crippen molar-refractivity contribution in [3.8, 4) is 6.07 Å². The zero-order valence-corrected chi connectivity index (χ0v) is 8.30. The van der Waals surface area contributed by atoms with E-state index in [1.807, 2.05) is 12.1 Å². The Morgan fingerprint density at radius 2 is 2.31 bits per heavy atom. The Bertz CT molecular complexity index is 328. The molecule has 0 spiro atoms. The first-order valence-corrected chi connectivity index (χ1v) is 4.71. The van der Waals surface area contributed by atoms with Gasteiger partial charge < -0.3 is 0 Å². The van der Waals surface area contributed by atoms with Crippen LogP contribution in [-0.2, 0) is 6.42 Å². The van der Waals surface area contributed by atoms with Gasteiger partial charge in [0.05, 0.1) is 5.56 Å². The summed E-state index contributed by atoms with van der Waals surface area (Å²) in [6, 6.07) is 5.57. The largest absolute Gasteiger partial charge is 0.240 e. The SMILES string of the molecule is CCCCc1ccc(C#N)c(Cl)n1. The number of halogens is 1. The summed E-state index contributed by atoms with van der Waals surface area (Å²) in [7, 11) is 0. The second kappa shape index (κ2) is 4.84. The molecule has 2 nitrogen and oxygen atoms in total. The van der Waals surface area contributed by atoms with Crippen molar-refractivity contribution in [3.63, 3.8) is 0 Å². The third kappa shape index (κ3) is 2.71. The zero-order valence-electron chi connectivity index (χ0n) is 7.55. The Balaban J connectivity index is 2.79. The van der Waals surface area contributed by atoms with Gasteiger partial charge >= 0.3 is 0 Å². The molecule has 13 heavy (non-hydrogen) atoms. The predicted octanol–water partition coefficient (Wildman–Crippen LogP) is 2.95. The Hall–Kier alpha value is -1.07. The van der Waals surface area contributed by atoms with Crippen LogP contribution in [0, 0.1) is 11.3 Å². The van der Waals surface area contributed by atoms with Crippen molar-refractivity contribution in [2.75, 3.05) is 0 Å². The number of nitrogens with zero attached hydrogens (tertiary/aromatic N) is 2. The smallest absolute Gasteiger partial charge is 0.147 e. The summed E-state index contributed by atoms with van der Waals surface area (Å²) in [6.45, 7) is 2.13. The lowest BCUT2D eigenvalue weighted by molar-refractivity contribution is 0.776. The van der Waals surface area contributed by atoms with Crippen LogP contribution in [0.1, 0.15) is 31.0 Å². The molecule has 0 unspecified atom stereocenters. The third-order valence-electron chi connectivity index (χ3n) is 1.81. The summed E-state index contributed by atoms with van der Waals surface area (Å²) >= 11 is 5.77. The first kappa shape index (κ1) is 10.0. The Morgan fingerprint density at radius 3 is 2.85 bits per heavy atom. The highest BCUT2D eigenvalue weighted by molar-refractivity contribution is 6.30. The molecule has 0 atom stereocenters. The highest BCUT2D eigenvalue weighted by atomic mass is 35.5. The van der Waals surface area contributed by atoms with E-state index < -0.39 is 0 Å². The number of nitriles is 1. The van der Waals surface area contributed by atoms with Crippen LogP contribution < -0.4 is 0 Å². The minimum absolute atomic E-state index is 0.316. The second-order valence-corrected chi connectivity index (χ2v) is 3.21. The Labute approximate surface area is 83.2 Å². The summed E-state index contributed by atoms with van der Waals surface area (Å²) in [5.74, 6) is 0. The number of rotatable bonds is 3. The fraction of sp³-hybridized carbons (Fsp3) is 0.400. The van der Waals surface area contributed by atoms with Gasteiger partial charge in [-0.15, -0.1) is 0 Å². The summed E-state index contributed by atoms with van der Waals surface area (Å²) < 4.78 is 0. The van der Waals surface area contributed by atoms with Crippen molar-refractivity contribution in [1.29, 1.82) is 5.26 Å². The average molecular weight is 195 g/mol. The average Bonchev–Trinajstić information content (AvgIpc) is 2.15. The van der Waals surface area contributed by atoms with E-state index in [0.29, 0.717) is 10.7 Å². The molecule has 0 aromatic carbocycles. The third-order valence-corrected chi connectivity index (χ3v) is 2.10. The van der Waals surface area contributed by atoms with Gasteiger partial charge in [-0.2, -0.15) is 5.26 Å². The van der Waals surface area contributed by atoms with Crippen LogP contribution in [-0.4, -0.2) is 4.98 Å². The lowest BCUT2D eigenvalue weighted by Crippen LogP contribution is -1.92. The van der Waals surface area contributed by atoms with Crippen molar-refractivity contribution < 1.29 is 0 Å². The Kier molecular flexibility index (Phi) is 3.72. The summed E-state index contributed by atoms with van der Waals surface area (Å²) in [5.41, 5.74) is 1.41. The van der Waals surface area contributed by atoms with Crippen LogP contribution in [0.4, 0.5) is 0 Å². The topological polar surface area (TPSA) is 36.7 Å². The van der Waals surface area contributed by atoms with E-state index in [1.165, 1.54) is 0 Å². The van der Waals surface area contributed by atoms with Crippen molar-refractivity contribution in [2.45, 2.75) is 26.2 Å². The van der Waals surface area contributed by atoms with Gasteiger partial charge in [0.2, 0.25) is 0 Å². The van der Waals surface area contributed by atoms with E-state index in [-0.39, 0.29) is 0 Å². The first-order valence-electron chi connectivity index (χ1n) is 4.33. The fourth-order valence-corrected chi connectivity index (χ4v) is 1.27. The van der Waals surface area contributed by atoms with Crippen molar-refractivity contribution >= 4 is 11.6 Å². The Morgan fingerprint density at radius 1 is 1.54 bits per heavy atom. The molecule has 0 N–H and O–H groups in total. The molecule has 68 valence electrons. The van der Waals surface area contributed by atoms with Gasteiger partial charge in [0.25, 0.3) is 0 Å². The number of hydrogen-bond donors (Lipinski definition) is 0. The monoisotopic (exact) mass is 194 g/mol. The molecule has 0 radical (unpaired) electrons. The van der Waals surface area contributed by atoms with Crippen LogP contribution in [0.3, 0.4) is 0 Å². The van der Waals surface area contributed by atoms with Gasteiger partial charge in [-0.05, 0) is 25.0 Å². The second-order valence-electron chi connectivity index (χ2n) is 2.86.